The molecule has 17 heavy (non-hydrogen) atoms. The van der Waals surface area contributed by atoms with Gasteiger partial charge in [0.25, 0.3) is 0 Å². The molecular formula is C13H20N2OS. The summed E-state index contributed by atoms with van der Waals surface area (Å²) in [4.78, 5) is 4.81. The van der Waals surface area contributed by atoms with Gasteiger partial charge in [0.05, 0.1) is 10.7 Å². The van der Waals surface area contributed by atoms with Gasteiger partial charge in [-0.3, -0.25) is 0 Å². The van der Waals surface area contributed by atoms with E-state index in [1.165, 1.54) is 23.5 Å². The molecule has 1 aliphatic heterocycles. The summed E-state index contributed by atoms with van der Waals surface area (Å²) in [5, 5.41) is 3.53. The van der Waals surface area contributed by atoms with E-state index in [1.54, 1.807) is 0 Å². The van der Waals surface area contributed by atoms with Crippen molar-refractivity contribution in [3.8, 4) is 0 Å². The van der Waals surface area contributed by atoms with Gasteiger partial charge >= 0.3 is 0 Å². The van der Waals surface area contributed by atoms with Crippen molar-refractivity contribution in [1.29, 1.82) is 0 Å². The fraction of sp³-hybridized carbons (Fsp3) is 0.769. The lowest BCUT2D eigenvalue weighted by Gasteiger charge is -2.20. The molecule has 2 heterocycles. The number of thiazole rings is 1. The maximum atomic E-state index is 5.83. The van der Waals surface area contributed by atoms with Crippen molar-refractivity contribution in [1.82, 2.24) is 4.98 Å². The highest BCUT2D eigenvalue weighted by Crippen LogP contribution is 2.47. The number of ether oxygens (including phenoxy) is 1. The van der Waals surface area contributed by atoms with Crippen LogP contribution in [0.4, 0.5) is 0 Å². The second-order valence-electron chi connectivity index (χ2n) is 5.43. The van der Waals surface area contributed by atoms with Gasteiger partial charge < -0.3 is 10.5 Å². The molecule has 0 spiro atoms. The number of nitrogens with two attached hydrogens (primary N) is 1. The minimum Gasteiger partial charge on any atom is -0.381 e. The van der Waals surface area contributed by atoms with Crippen LogP contribution in [0.15, 0.2) is 5.38 Å². The molecule has 1 saturated heterocycles. The van der Waals surface area contributed by atoms with Crippen LogP contribution in [0.3, 0.4) is 0 Å². The molecule has 3 nitrogen and oxygen atoms in total. The molecule has 0 aromatic carbocycles. The van der Waals surface area contributed by atoms with E-state index in [9.17, 15) is 0 Å². The highest BCUT2D eigenvalue weighted by atomic mass is 32.1. The molecular weight excluding hydrogens is 232 g/mol. The fourth-order valence-corrected chi connectivity index (χ4v) is 3.59. The molecule has 1 saturated carbocycles. The van der Waals surface area contributed by atoms with E-state index in [0.717, 1.165) is 39.0 Å². The monoisotopic (exact) mass is 252 g/mol. The average molecular weight is 252 g/mol. The van der Waals surface area contributed by atoms with Gasteiger partial charge in [0, 0.05) is 30.9 Å². The molecule has 2 aliphatic rings. The zero-order valence-electron chi connectivity index (χ0n) is 10.2. The number of nitrogens with zero attached hydrogens (tertiary/aromatic N) is 1. The molecule has 0 amide bonds. The highest BCUT2D eigenvalue weighted by Gasteiger charge is 2.41. The third kappa shape index (κ3) is 2.54. The van der Waals surface area contributed by atoms with Crippen LogP contribution in [0.2, 0.25) is 0 Å². The van der Waals surface area contributed by atoms with Crippen LogP contribution >= 0.6 is 11.3 Å². The summed E-state index contributed by atoms with van der Waals surface area (Å²) in [6.07, 6.45) is 5.93. The Balaban J connectivity index is 1.65. The molecule has 1 aliphatic carbocycles. The maximum Gasteiger partial charge on any atom is 0.0934 e. The predicted octanol–water partition coefficient (Wildman–Crippen LogP) is 2.32. The van der Waals surface area contributed by atoms with E-state index in [1.807, 2.05) is 11.3 Å². The summed E-state index contributed by atoms with van der Waals surface area (Å²) < 4.78 is 5.40. The van der Waals surface area contributed by atoms with Crippen molar-refractivity contribution in [2.45, 2.75) is 38.0 Å². The number of rotatable bonds is 4. The second kappa shape index (κ2) is 4.67. The molecule has 4 heteroatoms. The van der Waals surface area contributed by atoms with E-state index in [-0.39, 0.29) is 0 Å². The Morgan fingerprint density at radius 2 is 2.18 bits per heavy atom. The molecule has 1 aromatic rings. The van der Waals surface area contributed by atoms with Crippen molar-refractivity contribution in [3.63, 3.8) is 0 Å². The number of hydrogen-bond acceptors (Lipinski definition) is 4. The molecule has 0 atom stereocenters. The van der Waals surface area contributed by atoms with Gasteiger partial charge in [0.1, 0.15) is 0 Å². The Bertz CT molecular complexity index is 381. The quantitative estimate of drug-likeness (QED) is 0.894. The Kier molecular flexibility index (Phi) is 3.19. The molecule has 2 fully saturated rings. The third-order valence-electron chi connectivity index (χ3n) is 4.13. The second-order valence-corrected chi connectivity index (χ2v) is 6.38. The summed E-state index contributed by atoms with van der Waals surface area (Å²) in [6.45, 7) is 2.60. The van der Waals surface area contributed by atoms with Gasteiger partial charge in [-0.15, -0.1) is 11.3 Å². The van der Waals surface area contributed by atoms with Crippen LogP contribution in [-0.2, 0) is 11.2 Å². The van der Waals surface area contributed by atoms with Crippen LogP contribution in [0.5, 0.6) is 0 Å². The van der Waals surface area contributed by atoms with E-state index >= 15 is 0 Å². The summed E-state index contributed by atoms with van der Waals surface area (Å²) in [5.41, 5.74) is 7.53. The van der Waals surface area contributed by atoms with Crippen molar-refractivity contribution >= 4 is 11.3 Å². The first kappa shape index (κ1) is 11.6. The first-order valence-corrected chi connectivity index (χ1v) is 7.41. The minimum absolute atomic E-state index is 0.408. The molecule has 0 bridgehead atoms. The van der Waals surface area contributed by atoms with Crippen LogP contribution in [0.1, 0.15) is 42.3 Å². The normalized spacial score (nSPS) is 23.8. The van der Waals surface area contributed by atoms with Crippen molar-refractivity contribution < 1.29 is 4.74 Å². The summed E-state index contributed by atoms with van der Waals surface area (Å²) in [6, 6.07) is 0. The zero-order valence-corrected chi connectivity index (χ0v) is 11.0. The fourth-order valence-electron chi connectivity index (χ4n) is 2.54. The molecule has 0 unspecified atom stereocenters. The highest BCUT2D eigenvalue weighted by molar-refractivity contribution is 7.09. The topological polar surface area (TPSA) is 48.1 Å². The first-order chi connectivity index (χ1) is 8.31. The summed E-state index contributed by atoms with van der Waals surface area (Å²) in [7, 11) is 0. The van der Waals surface area contributed by atoms with Gasteiger partial charge in [0.2, 0.25) is 0 Å². The van der Waals surface area contributed by atoms with Crippen LogP contribution in [-0.4, -0.2) is 24.7 Å². The predicted molar refractivity (Wildman–Crippen MR) is 69.3 cm³/mol. The van der Waals surface area contributed by atoms with Crippen LogP contribution < -0.4 is 5.73 Å². The number of aromatic nitrogens is 1. The van der Waals surface area contributed by atoms with Crippen molar-refractivity contribution in [3.05, 3.63) is 16.1 Å². The lowest BCUT2D eigenvalue weighted by Crippen LogP contribution is -2.18. The smallest absolute Gasteiger partial charge is 0.0934 e. The largest absolute Gasteiger partial charge is 0.381 e. The van der Waals surface area contributed by atoms with Crippen molar-refractivity contribution in [2.75, 3.05) is 19.8 Å². The van der Waals surface area contributed by atoms with Gasteiger partial charge in [0.15, 0.2) is 0 Å². The van der Waals surface area contributed by atoms with E-state index in [2.05, 4.69) is 5.38 Å². The lowest BCUT2D eigenvalue weighted by molar-refractivity contribution is 0.0846. The molecule has 94 valence electrons. The average Bonchev–Trinajstić information content (AvgIpc) is 3.00. The molecule has 0 radical (unpaired) electrons. The minimum atomic E-state index is 0.408. The van der Waals surface area contributed by atoms with Crippen molar-refractivity contribution in [2.24, 2.45) is 11.1 Å². The molecule has 2 N–H and O–H groups in total. The van der Waals surface area contributed by atoms with Gasteiger partial charge in [-0.25, -0.2) is 4.98 Å². The zero-order chi connectivity index (χ0) is 11.7. The Morgan fingerprint density at radius 1 is 1.41 bits per heavy atom. The van der Waals surface area contributed by atoms with Crippen LogP contribution in [0, 0.1) is 5.41 Å². The van der Waals surface area contributed by atoms with Crippen LogP contribution in [0.25, 0.3) is 0 Å². The summed E-state index contributed by atoms with van der Waals surface area (Å²) >= 11 is 1.82. The lowest BCUT2D eigenvalue weighted by atomic mass is 9.97. The van der Waals surface area contributed by atoms with E-state index < -0.39 is 0 Å². The summed E-state index contributed by atoms with van der Waals surface area (Å²) in [5.74, 6) is 0.627. The van der Waals surface area contributed by atoms with Gasteiger partial charge in [-0.2, -0.15) is 0 Å². The Hall–Kier alpha value is -0.450. The standard InChI is InChI=1S/C13H20N2OS/c14-9-13(3-4-13)7-12-15-11(8-17-12)10-1-5-16-6-2-10/h8,10H,1-7,9,14H2. The van der Waals surface area contributed by atoms with Gasteiger partial charge in [-0.1, -0.05) is 0 Å². The van der Waals surface area contributed by atoms with E-state index in [0.29, 0.717) is 11.3 Å². The van der Waals surface area contributed by atoms with E-state index in [4.69, 9.17) is 15.5 Å². The third-order valence-corrected chi connectivity index (χ3v) is 4.99. The Labute approximate surface area is 106 Å². The molecule has 1 aromatic heterocycles. The Morgan fingerprint density at radius 3 is 2.82 bits per heavy atom. The molecule has 3 rings (SSSR count). The SMILES string of the molecule is NCC1(Cc2nc(C3CCOCC3)cs2)CC1. The van der Waals surface area contributed by atoms with Gasteiger partial charge in [-0.05, 0) is 37.6 Å². The number of hydrogen-bond donors (Lipinski definition) is 1. The maximum absolute atomic E-state index is 5.83. The first-order valence-electron chi connectivity index (χ1n) is 6.53.